The number of hydrogen-bond acceptors (Lipinski definition) is 1. The van der Waals surface area contributed by atoms with Crippen molar-refractivity contribution in [1.29, 1.82) is 0 Å². The smallest absolute Gasteiger partial charge is 0.0973 e. The molecule has 0 amide bonds. The Morgan fingerprint density at radius 3 is 2.06 bits per heavy atom. The molecule has 0 unspecified atom stereocenters. The van der Waals surface area contributed by atoms with Crippen LogP contribution in [0.15, 0.2) is 23.3 Å². The summed E-state index contributed by atoms with van der Waals surface area (Å²) in [5, 5.41) is 12.0. The molecule has 2 heteroatoms. The molecule has 0 rings (SSSR count). The van der Waals surface area contributed by atoms with Crippen molar-refractivity contribution in [3.63, 3.8) is 0 Å². The van der Waals surface area contributed by atoms with E-state index in [1.54, 1.807) is 0 Å². The van der Waals surface area contributed by atoms with Crippen molar-refractivity contribution >= 4 is 0 Å². The fraction of sp³-hybridized carbons (Fsp3) is 0.714. The van der Waals surface area contributed by atoms with Crippen molar-refractivity contribution in [2.75, 3.05) is 19.6 Å². The third-order valence-corrected chi connectivity index (χ3v) is 3.02. The monoisotopic (exact) mass is 225 g/mol. The van der Waals surface area contributed by atoms with Crippen molar-refractivity contribution in [3.8, 4) is 0 Å². The highest BCUT2D eigenvalue weighted by molar-refractivity contribution is 5.02. The van der Waals surface area contributed by atoms with E-state index in [-0.39, 0.29) is 4.65 Å². The molecule has 0 heterocycles. The molecular weight excluding hydrogens is 198 g/mol. The van der Waals surface area contributed by atoms with Gasteiger partial charge in [0.15, 0.2) is 0 Å². The summed E-state index contributed by atoms with van der Waals surface area (Å²) >= 11 is 0. The summed E-state index contributed by atoms with van der Waals surface area (Å²) in [4.78, 5) is 0. The van der Waals surface area contributed by atoms with Crippen LogP contribution in [0.3, 0.4) is 0 Å². The summed E-state index contributed by atoms with van der Waals surface area (Å²) in [6, 6.07) is 0. The van der Waals surface area contributed by atoms with Gasteiger partial charge in [0, 0.05) is 0 Å². The molecule has 0 aromatic heterocycles. The molecule has 16 heavy (non-hydrogen) atoms. The Bertz CT molecular complexity index is 245. The van der Waals surface area contributed by atoms with Crippen LogP contribution in [0.5, 0.6) is 0 Å². The largest absolute Gasteiger partial charge is 0.633 e. The number of hydroxylamine groups is 3. The molecule has 0 saturated carbocycles. The second kappa shape index (κ2) is 7.64. The Hall–Kier alpha value is -0.600. The molecule has 0 aromatic rings. The molecule has 2 nitrogen and oxygen atoms in total. The molecule has 0 aliphatic heterocycles. The van der Waals surface area contributed by atoms with Gasteiger partial charge < -0.3 is 9.85 Å². The first kappa shape index (κ1) is 15.4. The fourth-order valence-corrected chi connectivity index (χ4v) is 1.49. The molecule has 0 N–H and O–H groups in total. The highest BCUT2D eigenvalue weighted by atomic mass is 16.5. The van der Waals surface area contributed by atoms with Gasteiger partial charge in [-0.2, -0.15) is 0 Å². The van der Waals surface area contributed by atoms with Crippen LogP contribution in [-0.2, 0) is 0 Å². The highest BCUT2D eigenvalue weighted by Gasteiger charge is 2.08. The molecule has 0 bridgehead atoms. The molecule has 94 valence electrons. The van der Waals surface area contributed by atoms with Crippen LogP contribution in [0.2, 0.25) is 0 Å². The van der Waals surface area contributed by atoms with E-state index in [1.807, 2.05) is 13.8 Å². The quantitative estimate of drug-likeness (QED) is 0.364. The van der Waals surface area contributed by atoms with E-state index in [2.05, 4.69) is 32.9 Å². The molecule has 0 radical (unpaired) electrons. The lowest BCUT2D eigenvalue weighted by Gasteiger charge is -2.40. The summed E-state index contributed by atoms with van der Waals surface area (Å²) < 4.78 is -0.0972. The number of rotatable bonds is 7. The summed E-state index contributed by atoms with van der Waals surface area (Å²) in [6.07, 6.45) is 6.51. The lowest BCUT2D eigenvalue weighted by Crippen LogP contribution is -2.41. The summed E-state index contributed by atoms with van der Waals surface area (Å²) in [7, 11) is 0. The zero-order valence-corrected chi connectivity index (χ0v) is 11.5. The van der Waals surface area contributed by atoms with E-state index in [0.29, 0.717) is 19.6 Å². The topological polar surface area (TPSA) is 23.1 Å². The standard InChI is InChI=1S/C14H27NO/c1-6-15(16,7-2)12-11-14(5)10-8-9-13(3)4/h9,11H,6-8,10,12H2,1-5H3/b14-11+. The SMILES string of the molecule is CC[N+]([O-])(CC)C/C=C(\C)CCC=C(C)C. The van der Waals surface area contributed by atoms with E-state index >= 15 is 0 Å². The zero-order valence-electron chi connectivity index (χ0n) is 11.5. The van der Waals surface area contributed by atoms with Gasteiger partial charge in [0.1, 0.15) is 0 Å². The maximum atomic E-state index is 12.0. The summed E-state index contributed by atoms with van der Waals surface area (Å²) in [6.45, 7) is 12.2. The average Bonchev–Trinajstić information content (AvgIpc) is 2.25. The number of allylic oxidation sites excluding steroid dienone is 3. The number of nitrogens with zero attached hydrogens (tertiary/aromatic N) is 1. The highest BCUT2D eigenvalue weighted by Crippen LogP contribution is 2.09. The van der Waals surface area contributed by atoms with Crippen molar-refractivity contribution in [1.82, 2.24) is 0 Å². The summed E-state index contributed by atoms with van der Waals surface area (Å²) in [5.74, 6) is 0. The van der Waals surface area contributed by atoms with E-state index < -0.39 is 0 Å². The lowest BCUT2D eigenvalue weighted by molar-refractivity contribution is -0.871. The van der Waals surface area contributed by atoms with Crippen LogP contribution in [0.25, 0.3) is 0 Å². The zero-order chi connectivity index (χ0) is 12.6. The van der Waals surface area contributed by atoms with Crippen LogP contribution >= 0.6 is 0 Å². The first-order valence-electron chi connectivity index (χ1n) is 6.29. The van der Waals surface area contributed by atoms with Crippen LogP contribution < -0.4 is 0 Å². The third-order valence-electron chi connectivity index (χ3n) is 3.02. The van der Waals surface area contributed by atoms with Gasteiger partial charge in [-0.1, -0.05) is 17.2 Å². The van der Waals surface area contributed by atoms with E-state index in [0.717, 1.165) is 12.8 Å². The van der Waals surface area contributed by atoms with Crippen molar-refractivity contribution in [2.24, 2.45) is 0 Å². The molecule has 0 aliphatic rings. The Labute approximate surface area is 101 Å². The first-order chi connectivity index (χ1) is 7.43. The maximum absolute atomic E-state index is 12.0. The predicted molar refractivity (Wildman–Crippen MR) is 72.0 cm³/mol. The fourth-order valence-electron chi connectivity index (χ4n) is 1.49. The molecule has 0 saturated heterocycles. The van der Waals surface area contributed by atoms with Crippen molar-refractivity contribution in [2.45, 2.75) is 47.5 Å². The Morgan fingerprint density at radius 1 is 1.06 bits per heavy atom. The van der Waals surface area contributed by atoms with Gasteiger partial charge in [-0.15, -0.1) is 0 Å². The van der Waals surface area contributed by atoms with E-state index in [4.69, 9.17) is 0 Å². The van der Waals surface area contributed by atoms with Gasteiger partial charge in [-0.3, -0.25) is 0 Å². The molecular formula is C14H27NO. The number of hydrogen-bond donors (Lipinski definition) is 0. The molecule has 0 fully saturated rings. The number of quaternary nitrogens is 1. The van der Waals surface area contributed by atoms with Gasteiger partial charge >= 0.3 is 0 Å². The van der Waals surface area contributed by atoms with Crippen molar-refractivity contribution in [3.05, 3.63) is 28.5 Å². The Balaban J connectivity index is 4.08. The Kier molecular flexibility index (Phi) is 7.35. The van der Waals surface area contributed by atoms with Crippen LogP contribution in [0, 0.1) is 5.21 Å². The minimum atomic E-state index is -0.0972. The molecule has 0 aromatic carbocycles. The minimum absolute atomic E-state index is 0.0972. The van der Waals surface area contributed by atoms with E-state index in [1.165, 1.54) is 11.1 Å². The van der Waals surface area contributed by atoms with Crippen molar-refractivity contribution < 1.29 is 4.65 Å². The molecule has 0 aliphatic carbocycles. The number of likely N-dealkylation sites (N-methyl/N-ethyl adjacent to an activating group) is 1. The predicted octanol–water partition coefficient (Wildman–Crippen LogP) is 4.03. The van der Waals surface area contributed by atoms with Crippen LogP contribution in [0.1, 0.15) is 47.5 Å². The average molecular weight is 225 g/mol. The van der Waals surface area contributed by atoms with Gasteiger partial charge in [0.25, 0.3) is 0 Å². The lowest BCUT2D eigenvalue weighted by atomic mass is 10.1. The maximum Gasteiger partial charge on any atom is 0.0973 e. The van der Waals surface area contributed by atoms with Crippen LogP contribution in [0.4, 0.5) is 0 Å². The second-order valence-corrected chi connectivity index (χ2v) is 4.74. The third kappa shape index (κ3) is 6.81. The first-order valence-corrected chi connectivity index (χ1v) is 6.29. The van der Waals surface area contributed by atoms with Gasteiger partial charge in [-0.25, -0.2) is 0 Å². The summed E-state index contributed by atoms with van der Waals surface area (Å²) in [5.41, 5.74) is 2.70. The molecule has 0 atom stereocenters. The Morgan fingerprint density at radius 2 is 1.62 bits per heavy atom. The van der Waals surface area contributed by atoms with Gasteiger partial charge in [0.05, 0.1) is 19.6 Å². The normalized spacial score (nSPS) is 12.8. The van der Waals surface area contributed by atoms with Gasteiger partial charge in [-0.05, 0) is 53.5 Å². The second-order valence-electron chi connectivity index (χ2n) is 4.74. The van der Waals surface area contributed by atoms with Gasteiger partial charge in [0.2, 0.25) is 0 Å². The molecule has 0 spiro atoms. The van der Waals surface area contributed by atoms with Crippen LogP contribution in [-0.4, -0.2) is 24.3 Å². The minimum Gasteiger partial charge on any atom is -0.633 e. The van der Waals surface area contributed by atoms with E-state index in [9.17, 15) is 5.21 Å².